The minimum Gasteiger partial charge on any atom is -0.314 e. The normalized spacial score (nSPS) is 29.4. The number of hydrogen-bond donors (Lipinski definition) is 1. The van der Waals surface area contributed by atoms with Crippen LogP contribution in [0.25, 0.3) is 0 Å². The lowest BCUT2D eigenvalue weighted by Crippen LogP contribution is -2.36. The first kappa shape index (κ1) is 19.7. The van der Waals surface area contributed by atoms with Crippen LogP contribution in [0, 0.1) is 0 Å². The molecule has 0 bridgehead atoms. The number of rotatable bonds is 9. The van der Waals surface area contributed by atoms with E-state index in [2.05, 4.69) is 13.2 Å². The third kappa shape index (κ3) is 5.69. The predicted octanol–water partition coefficient (Wildman–Crippen LogP) is 0.288. The maximum Gasteiger partial charge on any atom is 0.378 e. The summed E-state index contributed by atoms with van der Waals surface area (Å²) in [5.41, 5.74) is 0. The van der Waals surface area contributed by atoms with Gasteiger partial charge in [-0.2, -0.15) is 0 Å². The molecule has 1 fully saturated rings. The van der Waals surface area contributed by atoms with E-state index >= 15 is 0 Å². The molecule has 0 spiro atoms. The second-order valence-electron chi connectivity index (χ2n) is 4.67. The van der Waals surface area contributed by atoms with Gasteiger partial charge in [0.2, 0.25) is 0 Å². The molecule has 0 aromatic heterocycles. The highest BCUT2D eigenvalue weighted by Crippen LogP contribution is 2.64. The Kier molecular flexibility index (Phi) is 6.70. The molecule has 11 heteroatoms. The minimum atomic E-state index is -3.70. The standard InChI is InChI=1S/C11H20O8PS2/c1-4-6-21(13,14)8-10-11(9-22(15,16)7-5-2)19-20(12,17-3)18-10/h4-5,10-12H,1-2,6-9H2,3H3. The van der Waals surface area contributed by atoms with Gasteiger partial charge in [0.1, 0.15) is 12.2 Å². The van der Waals surface area contributed by atoms with E-state index in [1.807, 2.05) is 0 Å². The van der Waals surface area contributed by atoms with Gasteiger partial charge in [-0.05, 0) is 0 Å². The molecule has 0 saturated carbocycles. The molecule has 1 N–H and O–H groups in total. The van der Waals surface area contributed by atoms with E-state index in [0.29, 0.717) is 0 Å². The topological polar surface area (TPSA) is 116 Å². The van der Waals surface area contributed by atoms with Crippen LogP contribution in [0.1, 0.15) is 0 Å². The summed E-state index contributed by atoms with van der Waals surface area (Å²) in [5.74, 6) is -1.58. The van der Waals surface area contributed by atoms with Crippen LogP contribution in [0.2, 0.25) is 0 Å². The van der Waals surface area contributed by atoms with Crippen molar-refractivity contribution in [3.63, 3.8) is 0 Å². The maximum atomic E-state index is 11.8. The highest BCUT2D eigenvalue weighted by Gasteiger charge is 2.49. The second-order valence-corrected chi connectivity index (χ2v) is 10.7. The van der Waals surface area contributed by atoms with Crippen LogP contribution in [0.4, 0.5) is 0 Å². The molecule has 8 nitrogen and oxygen atoms in total. The van der Waals surface area contributed by atoms with Gasteiger partial charge in [0.25, 0.3) is 0 Å². The molecule has 0 aliphatic carbocycles. The molecular weight excluding hydrogens is 355 g/mol. The van der Waals surface area contributed by atoms with Crippen LogP contribution in [-0.4, -0.2) is 64.1 Å². The lowest BCUT2D eigenvalue weighted by atomic mass is 10.3. The van der Waals surface area contributed by atoms with E-state index in [9.17, 15) is 21.7 Å². The Morgan fingerprint density at radius 1 is 1.05 bits per heavy atom. The smallest absolute Gasteiger partial charge is 0.314 e. The molecule has 0 aromatic rings. The molecule has 1 saturated heterocycles. The molecule has 2 unspecified atom stereocenters. The van der Waals surface area contributed by atoms with Crippen LogP contribution in [0.15, 0.2) is 25.3 Å². The quantitative estimate of drug-likeness (QED) is 0.451. The minimum absolute atomic E-state index is 0.289. The van der Waals surface area contributed by atoms with E-state index < -0.39 is 51.6 Å². The lowest BCUT2D eigenvalue weighted by Gasteiger charge is -2.18. The predicted molar refractivity (Wildman–Crippen MR) is 83.6 cm³/mol. The summed E-state index contributed by atoms with van der Waals surface area (Å²) in [6.45, 7) is 6.69. The van der Waals surface area contributed by atoms with Gasteiger partial charge in [-0.1, -0.05) is 12.2 Å². The van der Waals surface area contributed by atoms with E-state index in [1.165, 1.54) is 12.2 Å². The molecule has 1 radical (unpaired) electrons. The maximum absolute atomic E-state index is 11.8. The van der Waals surface area contributed by atoms with Crippen molar-refractivity contribution in [1.82, 2.24) is 0 Å². The third-order valence-corrected chi connectivity index (χ3v) is 7.46. The fourth-order valence-corrected chi connectivity index (χ4v) is 5.95. The van der Waals surface area contributed by atoms with Crippen LogP contribution in [-0.2, 0) is 33.2 Å². The van der Waals surface area contributed by atoms with Crippen molar-refractivity contribution in [3.05, 3.63) is 25.3 Å². The van der Waals surface area contributed by atoms with Crippen LogP contribution in [0.3, 0.4) is 0 Å². The molecular formula is C11H20O8PS2. The van der Waals surface area contributed by atoms with Crippen LogP contribution in [0.5, 0.6) is 0 Å². The first-order chi connectivity index (χ1) is 10.1. The fourth-order valence-electron chi connectivity index (χ4n) is 1.86. The summed E-state index contributed by atoms with van der Waals surface area (Å²) in [4.78, 5) is 9.91. The van der Waals surface area contributed by atoms with Gasteiger partial charge in [-0.3, -0.25) is 9.05 Å². The monoisotopic (exact) mass is 375 g/mol. The van der Waals surface area contributed by atoms with E-state index in [-0.39, 0.29) is 11.5 Å². The Labute approximate surface area is 131 Å². The molecule has 1 heterocycles. The first-order valence-corrected chi connectivity index (χ1v) is 11.4. The number of hydrogen-bond acceptors (Lipinski definition) is 8. The molecule has 129 valence electrons. The average Bonchev–Trinajstić information content (AvgIpc) is 2.64. The lowest BCUT2D eigenvalue weighted by molar-refractivity contribution is 0.170. The van der Waals surface area contributed by atoms with Gasteiger partial charge < -0.3 is 9.42 Å². The van der Waals surface area contributed by atoms with Crippen molar-refractivity contribution < 1.29 is 35.3 Å². The highest BCUT2D eigenvalue weighted by atomic mass is 32.2. The summed E-state index contributed by atoms with van der Waals surface area (Å²) < 4.78 is 62.3. The molecule has 2 atom stereocenters. The van der Waals surface area contributed by atoms with Crippen LogP contribution >= 0.6 is 8.17 Å². The fraction of sp³-hybridized carbons (Fsp3) is 0.636. The van der Waals surface area contributed by atoms with Crippen molar-refractivity contribution in [2.75, 3.05) is 30.1 Å². The zero-order valence-electron chi connectivity index (χ0n) is 12.1. The summed E-state index contributed by atoms with van der Waals surface area (Å²) in [6.07, 6.45) is 0.157. The summed E-state index contributed by atoms with van der Waals surface area (Å²) in [5, 5.41) is 0. The SMILES string of the molecule is C=CCS(=O)(=O)CC1O[P](O)(OC)OC1CS(=O)(=O)CC=C. The Hall–Kier alpha value is -0.350. The largest absolute Gasteiger partial charge is 0.378 e. The van der Waals surface area contributed by atoms with Crippen LogP contribution < -0.4 is 0 Å². The Bertz CT molecular complexity index is 562. The summed E-state index contributed by atoms with van der Waals surface area (Å²) in [6, 6.07) is 0. The first-order valence-electron chi connectivity index (χ1n) is 6.23. The second kappa shape index (κ2) is 7.48. The van der Waals surface area contributed by atoms with E-state index in [0.717, 1.165) is 7.11 Å². The zero-order chi connectivity index (χ0) is 17.0. The Morgan fingerprint density at radius 3 is 1.68 bits per heavy atom. The van der Waals surface area contributed by atoms with Crippen molar-refractivity contribution in [2.45, 2.75) is 12.2 Å². The highest BCUT2D eigenvalue weighted by molar-refractivity contribution is 7.92. The summed E-state index contributed by atoms with van der Waals surface area (Å²) in [7, 11) is -9.70. The van der Waals surface area contributed by atoms with Crippen molar-refractivity contribution in [1.29, 1.82) is 0 Å². The van der Waals surface area contributed by atoms with Gasteiger partial charge in [0, 0.05) is 7.11 Å². The van der Waals surface area contributed by atoms with Crippen molar-refractivity contribution in [3.8, 4) is 0 Å². The van der Waals surface area contributed by atoms with Crippen molar-refractivity contribution in [2.24, 2.45) is 0 Å². The van der Waals surface area contributed by atoms with E-state index in [1.54, 1.807) is 0 Å². The Balaban J connectivity index is 2.95. The third-order valence-electron chi connectivity index (χ3n) is 2.76. The summed E-state index contributed by atoms with van der Waals surface area (Å²) >= 11 is 0. The van der Waals surface area contributed by atoms with Crippen molar-refractivity contribution >= 4 is 27.8 Å². The molecule has 1 aliphatic heterocycles. The zero-order valence-corrected chi connectivity index (χ0v) is 14.6. The van der Waals surface area contributed by atoms with Gasteiger partial charge in [0.15, 0.2) is 19.7 Å². The molecule has 0 amide bonds. The molecule has 22 heavy (non-hydrogen) atoms. The average molecular weight is 375 g/mol. The van der Waals surface area contributed by atoms with Gasteiger partial charge in [-0.25, -0.2) is 16.8 Å². The van der Waals surface area contributed by atoms with E-state index in [4.69, 9.17) is 13.6 Å². The van der Waals surface area contributed by atoms with Gasteiger partial charge >= 0.3 is 8.17 Å². The molecule has 0 aromatic carbocycles. The molecule has 1 aliphatic rings. The Morgan fingerprint density at radius 2 is 1.41 bits per heavy atom. The number of sulfone groups is 2. The van der Waals surface area contributed by atoms with Gasteiger partial charge in [-0.15, -0.1) is 13.2 Å². The molecule has 1 rings (SSSR count). The van der Waals surface area contributed by atoms with Gasteiger partial charge in [0.05, 0.1) is 23.0 Å².